The summed E-state index contributed by atoms with van der Waals surface area (Å²) in [6.45, 7) is 0.528. The van der Waals surface area contributed by atoms with Crippen molar-refractivity contribution in [3.05, 3.63) is 51.3 Å². The van der Waals surface area contributed by atoms with Crippen LogP contribution in [0.2, 0.25) is 0 Å². The van der Waals surface area contributed by atoms with Crippen LogP contribution in [-0.4, -0.2) is 37.1 Å². The highest BCUT2D eigenvalue weighted by Gasteiger charge is 2.37. The van der Waals surface area contributed by atoms with Crippen LogP contribution >= 0.6 is 24.2 Å². The van der Waals surface area contributed by atoms with Crippen LogP contribution < -0.4 is 0 Å². The molecule has 1 fully saturated rings. The van der Waals surface area contributed by atoms with E-state index >= 15 is 0 Å². The van der Waals surface area contributed by atoms with Gasteiger partial charge in [0.15, 0.2) is 0 Å². The van der Waals surface area contributed by atoms with Gasteiger partial charge >= 0.3 is 6.09 Å². The molecular weight excluding hydrogens is 352 g/mol. The number of nitro benzene ring substituents is 1. The van der Waals surface area contributed by atoms with Gasteiger partial charge in [-0.1, -0.05) is 0 Å². The fourth-order valence-electron chi connectivity index (χ4n) is 2.52. The minimum absolute atomic E-state index is 0.00105. The second-order valence-electron chi connectivity index (χ2n) is 5.32. The number of ether oxygens (including phenoxy) is 1. The minimum Gasteiger partial charge on any atom is -0.445 e. The molecule has 8 nitrogen and oxygen atoms in total. The Labute approximate surface area is 147 Å². The lowest BCUT2D eigenvalue weighted by atomic mass is 10.2. The first-order valence-corrected chi connectivity index (χ1v) is 8.45. The van der Waals surface area contributed by atoms with Crippen molar-refractivity contribution >= 4 is 35.9 Å². The fourth-order valence-corrected chi connectivity index (χ4v) is 3.54. The van der Waals surface area contributed by atoms with Crippen LogP contribution in [0.5, 0.6) is 0 Å². The third kappa shape index (κ3) is 3.65. The molecule has 1 amide bonds. The van der Waals surface area contributed by atoms with E-state index in [-0.39, 0.29) is 23.6 Å². The van der Waals surface area contributed by atoms with Crippen molar-refractivity contribution in [2.24, 2.45) is 0 Å². The zero-order valence-electron chi connectivity index (χ0n) is 12.4. The monoisotopic (exact) mass is 366 g/mol. The van der Waals surface area contributed by atoms with Gasteiger partial charge in [-0.2, -0.15) is 17.0 Å². The SMILES string of the molecule is O=C(OCc1ccc([N+](=O)[O-])cc1)N1CC(S)C[C@H]1c1ncns1. The van der Waals surface area contributed by atoms with Gasteiger partial charge in [0.05, 0.1) is 11.0 Å². The first-order chi connectivity index (χ1) is 11.5. The van der Waals surface area contributed by atoms with Gasteiger partial charge in [0, 0.05) is 23.9 Å². The Balaban J connectivity index is 1.62. The van der Waals surface area contributed by atoms with Crippen LogP contribution in [0.1, 0.15) is 23.0 Å². The largest absolute Gasteiger partial charge is 0.445 e. The summed E-state index contributed by atoms with van der Waals surface area (Å²) in [5.74, 6) is 0. The van der Waals surface area contributed by atoms with E-state index in [1.807, 2.05) is 0 Å². The molecule has 0 bridgehead atoms. The number of carbonyl (C=O) groups is 1. The molecule has 1 aliphatic rings. The Bertz CT molecular complexity index is 723. The molecule has 0 spiro atoms. The summed E-state index contributed by atoms with van der Waals surface area (Å²) in [5, 5.41) is 11.5. The predicted octanol–water partition coefficient (Wildman–Crippen LogP) is 2.83. The molecule has 1 aromatic heterocycles. The molecule has 2 heterocycles. The number of non-ortho nitro benzene ring substituents is 1. The molecule has 0 N–H and O–H groups in total. The van der Waals surface area contributed by atoms with Crippen molar-refractivity contribution in [3.63, 3.8) is 0 Å². The van der Waals surface area contributed by atoms with Crippen LogP contribution in [0.15, 0.2) is 30.6 Å². The Morgan fingerprint density at radius 1 is 1.46 bits per heavy atom. The van der Waals surface area contributed by atoms with E-state index in [0.717, 1.165) is 5.01 Å². The first kappa shape index (κ1) is 16.7. The van der Waals surface area contributed by atoms with Gasteiger partial charge < -0.3 is 4.74 Å². The Hall–Kier alpha value is -2.20. The number of rotatable bonds is 4. The van der Waals surface area contributed by atoms with Crippen LogP contribution in [0, 0.1) is 10.1 Å². The highest BCUT2D eigenvalue weighted by Crippen LogP contribution is 2.35. The standard InChI is InChI=1S/C14H14N4O4S2/c19-14(22-7-9-1-3-10(4-2-9)18(20)21)17-6-11(23)5-12(17)13-15-8-16-24-13/h1-4,8,11-12,23H,5-7H2/t11?,12-/m0/s1. The molecule has 3 rings (SSSR count). The predicted molar refractivity (Wildman–Crippen MR) is 90.0 cm³/mol. The number of thiol groups is 1. The van der Waals surface area contributed by atoms with Crippen molar-refractivity contribution in [1.29, 1.82) is 0 Å². The van der Waals surface area contributed by atoms with E-state index in [0.29, 0.717) is 18.5 Å². The quantitative estimate of drug-likeness (QED) is 0.507. The summed E-state index contributed by atoms with van der Waals surface area (Å²) in [6, 6.07) is 5.72. The molecule has 2 atom stereocenters. The van der Waals surface area contributed by atoms with Crippen molar-refractivity contribution < 1.29 is 14.5 Å². The first-order valence-electron chi connectivity index (χ1n) is 7.16. The molecule has 0 aliphatic carbocycles. The van der Waals surface area contributed by atoms with Gasteiger partial charge in [0.1, 0.15) is 17.9 Å². The third-order valence-corrected chi connectivity index (χ3v) is 4.82. The number of nitro groups is 1. The van der Waals surface area contributed by atoms with Crippen molar-refractivity contribution in [2.45, 2.75) is 24.3 Å². The lowest BCUT2D eigenvalue weighted by molar-refractivity contribution is -0.384. The molecule has 1 aliphatic heterocycles. The summed E-state index contributed by atoms with van der Waals surface area (Å²) in [7, 11) is 0. The smallest absolute Gasteiger partial charge is 0.410 e. The second-order valence-corrected chi connectivity index (χ2v) is 6.86. The van der Waals surface area contributed by atoms with Crippen LogP contribution in [0.25, 0.3) is 0 Å². The van der Waals surface area contributed by atoms with E-state index in [1.54, 1.807) is 17.0 Å². The number of aromatic nitrogens is 2. The number of hydrogen-bond acceptors (Lipinski definition) is 8. The Morgan fingerprint density at radius 3 is 2.83 bits per heavy atom. The van der Waals surface area contributed by atoms with E-state index in [4.69, 9.17) is 4.74 Å². The average molecular weight is 366 g/mol. The molecular formula is C14H14N4O4S2. The van der Waals surface area contributed by atoms with E-state index in [2.05, 4.69) is 22.0 Å². The Kier molecular flexibility index (Phi) is 4.95. The highest BCUT2D eigenvalue weighted by molar-refractivity contribution is 7.81. The van der Waals surface area contributed by atoms with Crippen LogP contribution in [0.3, 0.4) is 0 Å². The molecule has 126 valence electrons. The van der Waals surface area contributed by atoms with Crippen molar-refractivity contribution in [3.8, 4) is 0 Å². The topological polar surface area (TPSA) is 98.5 Å². The fraction of sp³-hybridized carbons (Fsp3) is 0.357. The molecule has 0 radical (unpaired) electrons. The maximum Gasteiger partial charge on any atom is 0.410 e. The zero-order chi connectivity index (χ0) is 17.1. The second kappa shape index (κ2) is 7.14. The normalized spacial score (nSPS) is 20.1. The highest BCUT2D eigenvalue weighted by atomic mass is 32.1. The van der Waals surface area contributed by atoms with Gasteiger partial charge in [-0.05, 0) is 35.6 Å². The average Bonchev–Trinajstić information content (AvgIpc) is 3.22. The maximum atomic E-state index is 12.4. The summed E-state index contributed by atoms with van der Waals surface area (Å²) in [4.78, 5) is 28.3. The number of carbonyl (C=O) groups excluding carboxylic acids is 1. The van der Waals surface area contributed by atoms with Gasteiger partial charge in [0.2, 0.25) is 0 Å². The van der Waals surface area contributed by atoms with Gasteiger partial charge in [0.25, 0.3) is 5.69 Å². The van der Waals surface area contributed by atoms with E-state index in [1.165, 1.54) is 30.0 Å². The van der Waals surface area contributed by atoms with Crippen molar-refractivity contribution in [1.82, 2.24) is 14.3 Å². The minimum atomic E-state index is -0.473. The molecule has 24 heavy (non-hydrogen) atoms. The molecule has 2 aromatic rings. The molecule has 10 heteroatoms. The van der Waals surface area contributed by atoms with Gasteiger partial charge in [-0.15, -0.1) is 0 Å². The third-order valence-electron chi connectivity index (χ3n) is 3.69. The maximum absolute atomic E-state index is 12.4. The molecule has 1 unspecified atom stereocenters. The van der Waals surface area contributed by atoms with Gasteiger partial charge in [-0.25, -0.2) is 9.78 Å². The molecule has 1 saturated heterocycles. The zero-order valence-corrected chi connectivity index (χ0v) is 14.2. The number of hydrogen-bond donors (Lipinski definition) is 1. The molecule has 1 aromatic carbocycles. The van der Waals surface area contributed by atoms with Gasteiger partial charge in [-0.3, -0.25) is 15.0 Å². The van der Waals surface area contributed by atoms with Crippen LogP contribution in [0.4, 0.5) is 10.5 Å². The number of amides is 1. The van der Waals surface area contributed by atoms with Crippen LogP contribution in [-0.2, 0) is 11.3 Å². The molecule has 0 saturated carbocycles. The van der Waals surface area contributed by atoms with E-state index < -0.39 is 11.0 Å². The lowest BCUT2D eigenvalue weighted by Gasteiger charge is -2.22. The summed E-state index contributed by atoms with van der Waals surface area (Å²) < 4.78 is 9.30. The number of benzene rings is 1. The summed E-state index contributed by atoms with van der Waals surface area (Å²) in [6.07, 6.45) is 1.71. The number of nitrogens with zero attached hydrogens (tertiary/aromatic N) is 4. The summed E-state index contributed by atoms with van der Waals surface area (Å²) >= 11 is 5.70. The lowest BCUT2D eigenvalue weighted by Crippen LogP contribution is -2.31. The summed E-state index contributed by atoms with van der Waals surface area (Å²) in [5.41, 5.74) is 0.682. The number of likely N-dealkylation sites (tertiary alicyclic amines) is 1. The Morgan fingerprint density at radius 2 is 2.21 bits per heavy atom. The van der Waals surface area contributed by atoms with Crippen molar-refractivity contribution in [2.75, 3.05) is 6.54 Å². The van der Waals surface area contributed by atoms with E-state index in [9.17, 15) is 14.9 Å².